The average molecular weight is 154 g/mol. The van der Waals surface area contributed by atoms with Crippen molar-refractivity contribution < 1.29 is 9.90 Å². The maximum absolute atomic E-state index is 11.0. The molecule has 1 fully saturated rings. The van der Waals surface area contributed by atoms with Crippen molar-refractivity contribution in [1.82, 2.24) is 5.32 Å². The Morgan fingerprint density at radius 2 is 2.55 bits per heavy atom. The summed E-state index contributed by atoms with van der Waals surface area (Å²) < 4.78 is 0. The molecule has 0 aromatic heterocycles. The van der Waals surface area contributed by atoms with Crippen molar-refractivity contribution in [2.45, 2.75) is 18.9 Å². The predicted octanol–water partition coefficient (Wildman–Crippen LogP) is -0.603. The largest absolute Gasteiger partial charge is 0.394 e. The van der Waals surface area contributed by atoms with Gasteiger partial charge in [-0.05, 0) is 6.42 Å². The number of hydrogen-bond donors (Lipinski definition) is 2. The predicted molar refractivity (Wildman–Crippen MR) is 37.4 cm³/mol. The van der Waals surface area contributed by atoms with Gasteiger partial charge in [0.25, 0.3) is 0 Å². The lowest BCUT2D eigenvalue weighted by molar-refractivity contribution is -0.122. The maximum Gasteiger partial charge on any atom is 0.224 e. The Morgan fingerprint density at radius 1 is 1.82 bits per heavy atom. The van der Waals surface area contributed by atoms with Crippen LogP contribution in [0.2, 0.25) is 0 Å². The van der Waals surface area contributed by atoms with E-state index in [0.717, 1.165) is 0 Å². The molecular weight excluding hydrogens is 144 g/mol. The third-order valence-corrected chi connectivity index (χ3v) is 1.84. The highest BCUT2D eigenvalue weighted by Crippen LogP contribution is 2.17. The van der Waals surface area contributed by atoms with Crippen molar-refractivity contribution in [2.75, 3.05) is 6.61 Å². The van der Waals surface area contributed by atoms with Crippen molar-refractivity contribution in [3.8, 4) is 6.07 Å². The normalized spacial score (nSPS) is 29.6. The molecule has 2 atom stereocenters. The molecule has 2 N–H and O–H groups in total. The Kier molecular flexibility index (Phi) is 2.44. The Hall–Kier alpha value is -1.08. The van der Waals surface area contributed by atoms with Gasteiger partial charge in [-0.15, -0.1) is 0 Å². The molecule has 60 valence electrons. The summed E-state index contributed by atoms with van der Waals surface area (Å²) in [4.78, 5) is 11.0. The fourth-order valence-electron chi connectivity index (χ4n) is 1.23. The second kappa shape index (κ2) is 3.35. The summed E-state index contributed by atoms with van der Waals surface area (Å²) in [6.45, 7) is -0.0341. The number of nitriles is 1. The van der Waals surface area contributed by atoms with Gasteiger partial charge in [0.2, 0.25) is 5.91 Å². The topological polar surface area (TPSA) is 73.1 Å². The highest BCUT2D eigenvalue weighted by molar-refractivity contribution is 5.81. The fraction of sp³-hybridized carbons (Fsp3) is 0.714. The molecule has 0 aliphatic carbocycles. The van der Waals surface area contributed by atoms with E-state index >= 15 is 0 Å². The molecule has 4 nitrogen and oxygen atoms in total. The number of hydrogen-bond acceptors (Lipinski definition) is 3. The molecule has 1 amide bonds. The van der Waals surface area contributed by atoms with Gasteiger partial charge in [0.15, 0.2) is 0 Å². The van der Waals surface area contributed by atoms with Crippen LogP contribution in [0.4, 0.5) is 0 Å². The van der Waals surface area contributed by atoms with E-state index in [4.69, 9.17) is 10.4 Å². The van der Waals surface area contributed by atoms with Gasteiger partial charge in [0.05, 0.1) is 24.6 Å². The van der Waals surface area contributed by atoms with E-state index in [9.17, 15) is 4.79 Å². The molecule has 4 heteroatoms. The Balaban J connectivity index is 2.46. The van der Waals surface area contributed by atoms with E-state index in [1.54, 1.807) is 0 Å². The lowest BCUT2D eigenvalue weighted by Gasteiger charge is -2.02. The number of nitrogens with zero attached hydrogens (tertiary/aromatic N) is 1. The highest BCUT2D eigenvalue weighted by Gasteiger charge is 2.30. The summed E-state index contributed by atoms with van der Waals surface area (Å²) in [6, 6.07) is 1.80. The molecule has 1 heterocycles. The lowest BCUT2D eigenvalue weighted by Crippen LogP contribution is -2.28. The van der Waals surface area contributed by atoms with Crippen LogP contribution in [-0.4, -0.2) is 23.7 Å². The van der Waals surface area contributed by atoms with Gasteiger partial charge in [0.1, 0.15) is 0 Å². The Morgan fingerprint density at radius 3 is 3.00 bits per heavy atom. The van der Waals surface area contributed by atoms with Crippen LogP contribution in [0.5, 0.6) is 0 Å². The Bertz CT molecular complexity index is 197. The first-order valence-electron chi connectivity index (χ1n) is 3.56. The van der Waals surface area contributed by atoms with E-state index in [1.807, 2.05) is 6.07 Å². The van der Waals surface area contributed by atoms with Gasteiger partial charge in [-0.2, -0.15) is 5.26 Å². The second-order valence-corrected chi connectivity index (χ2v) is 2.68. The zero-order valence-electron chi connectivity index (χ0n) is 6.08. The molecule has 1 saturated heterocycles. The van der Waals surface area contributed by atoms with Gasteiger partial charge in [0, 0.05) is 6.42 Å². The number of nitrogens with one attached hydrogen (secondary N) is 1. The van der Waals surface area contributed by atoms with Crippen LogP contribution in [0.3, 0.4) is 0 Å². The van der Waals surface area contributed by atoms with Crippen LogP contribution in [0.15, 0.2) is 0 Å². The summed E-state index contributed by atoms with van der Waals surface area (Å²) in [5.74, 6) is -0.317. The van der Waals surface area contributed by atoms with Gasteiger partial charge in [-0.1, -0.05) is 0 Å². The lowest BCUT2D eigenvalue weighted by atomic mass is 10.0. The van der Waals surface area contributed by atoms with Gasteiger partial charge in [-0.3, -0.25) is 4.79 Å². The summed E-state index contributed by atoms with van der Waals surface area (Å²) in [6.07, 6.45) is 0.839. The molecule has 0 radical (unpaired) electrons. The van der Waals surface area contributed by atoms with Crippen LogP contribution in [-0.2, 0) is 4.79 Å². The number of aliphatic hydroxyl groups is 1. The zero-order chi connectivity index (χ0) is 8.27. The van der Waals surface area contributed by atoms with Crippen LogP contribution in [0.1, 0.15) is 12.8 Å². The standard InChI is InChI=1S/C7H10N2O2/c8-2-1-5-3-6(4-10)9-7(5)11/h5-6,10H,1,3-4H2,(H,9,11)/t5?,6-/m0/s1. The minimum atomic E-state index is -0.211. The second-order valence-electron chi connectivity index (χ2n) is 2.68. The Labute approximate surface area is 64.8 Å². The molecule has 0 aromatic rings. The van der Waals surface area contributed by atoms with E-state index in [2.05, 4.69) is 5.32 Å². The van der Waals surface area contributed by atoms with Crippen LogP contribution < -0.4 is 5.32 Å². The molecule has 1 rings (SSSR count). The highest BCUT2D eigenvalue weighted by atomic mass is 16.3. The van der Waals surface area contributed by atoms with Gasteiger partial charge >= 0.3 is 0 Å². The first-order chi connectivity index (χ1) is 5.27. The van der Waals surface area contributed by atoms with E-state index < -0.39 is 0 Å². The van der Waals surface area contributed by atoms with Crippen molar-refractivity contribution >= 4 is 5.91 Å². The molecule has 1 unspecified atom stereocenters. The molecule has 0 aromatic carbocycles. The maximum atomic E-state index is 11.0. The molecule has 11 heavy (non-hydrogen) atoms. The van der Waals surface area contributed by atoms with Crippen molar-refractivity contribution in [2.24, 2.45) is 5.92 Å². The molecule has 0 spiro atoms. The molecule has 0 saturated carbocycles. The third-order valence-electron chi connectivity index (χ3n) is 1.84. The average Bonchev–Trinajstić information content (AvgIpc) is 2.33. The fourth-order valence-corrected chi connectivity index (χ4v) is 1.23. The van der Waals surface area contributed by atoms with Gasteiger partial charge < -0.3 is 10.4 Å². The number of carbonyl (C=O) groups is 1. The summed E-state index contributed by atoms with van der Waals surface area (Å²) in [5.41, 5.74) is 0. The van der Waals surface area contributed by atoms with Crippen molar-refractivity contribution in [1.29, 1.82) is 5.26 Å². The SMILES string of the molecule is N#CCC1C[C@@H](CO)NC1=O. The van der Waals surface area contributed by atoms with Gasteiger partial charge in [-0.25, -0.2) is 0 Å². The number of amides is 1. The first kappa shape index (κ1) is 8.02. The molecule has 1 aliphatic heterocycles. The van der Waals surface area contributed by atoms with Crippen LogP contribution in [0.25, 0.3) is 0 Å². The molecule has 0 bridgehead atoms. The summed E-state index contributed by atoms with van der Waals surface area (Å²) in [7, 11) is 0. The summed E-state index contributed by atoms with van der Waals surface area (Å²) in [5, 5.41) is 19.6. The molecule has 1 aliphatic rings. The zero-order valence-corrected chi connectivity index (χ0v) is 6.08. The van der Waals surface area contributed by atoms with E-state index in [0.29, 0.717) is 6.42 Å². The van der Waals surface area contributed by atoms with E-state index in [-0.39, 0.29) is 30.9 Å². The number of rotatable bonds is 2. The minimum absolute atomic E-state index is 0.0341. The summed E-state index contributed by atoms with van der Waals surface area (Å²) >= 11 is 0. The van der Waals surface area contributed by atoms with Crippen LogP contribution >= 0.6 is 0 Å². The smallest absolute Gasteiger partial charge is 0.224 e. The quantitative estimate of drug-likeness (QED) is 0.557. The first-order valence-corrected chi connectivity index (χ1v) is 3.56. The van der Waals surface area contributed by atoms with Crippen molar-refractivity contribution in [3.63, 3.8) is 0 Å². The molecular formula is C7H10N2O2. The number of aliphatic hydroxyl groups excluding tert-OH is 1. The van der Waals surface area contributed by atoms with Crippen LogP contribution in [0, 0.1) is 17.2 Å². The van der Waals surface area contributed by atoms with Crippen molar-refractivity contribution in [3.05, 3.63) is 0 Å². The van der Waals surface area contributed by atoms with E-state index in [1.165, 1.54) is 0 Å². The minimum Gasteiger partial charge on any atom is -0.394 e. The monoisotopic (exact) mass is 154 g/mol. The third kappa shape index (κ3) is 1.69. The number of carbonyl (C=O) groups excluding carboxylic acids is 1.